The number of benzene rings is 1. The lowest BCUT2D eigenvalue weighted by atomic mass is 9.73. The van der Waals surface area contributed by atoms with Crippen LogP contribution in [-0.4, -0.2) is 13.2 Å². The lowest BCUT2D eigenvalue weighted by Gasteiger charge is -2.42. The molecule has 2 nitrogen and oxygen atoms in total. The second-order valence-electron chi connectivity index (χ2n) is 4.75. The number of hydrogen-bond acceptors (Lipinski definition) is 2. The Kier molecular flexibility index (Phi) is 2.98. The van der Waals surface area contributed by atoms with Crippen molar-refractivity contribution in [3.63, 3.8) is 0 Å². The van der Waals surface area contributed by atoms with E-state index < -0.39 is 0 Å². The molecule has 0 unspecified atom stereocenters. The molecule has 1 aromatic carbocycles. The summed E-state index contributed by atoms with van der Waals surface area (Å²) < 4.78 is 5.38. The van der Waals surface area contributed by atoms with E-state index in [1.165, 1.54) is 16.7 Å². The number of hydrogen-bond donors (Lipinski definition) is 0. The molecule has 0 atom stereocenters. The SMILES string of the molecule is Cc1ccc(C)c(C2(CCC#N)COC2)c1. The van der Waals surface area contributed by atoms with Crippen LogP contribution in [0.25, 0.3) is 0 Å². The summed E-state index contributed by atoms with van der Waals surface area (Å²) in [7, 11) is 0. The molecule has 1 heterocycles. The molecular formula is C14H17NO. The van der Waals surface area contributed by atoms with Crippen LogP contribution in [0.5, 0.6) is 0 Å². The topological polar surface area (TPSA) is 33.0 Å². The highest BCUT2D eigenvalue weighted by molar-refractivity contribution is 5.38. The van der Waals surface area contributed by atoms with Crippen LogP contribution in [0.3, 0.4) is 0 Å². The third-order valence-corrected chi connectivity index (χ3v) is 3.44. The van der Waals surface area contributed by atoms with Crippen molar-refractivity contribution in [3.05, 3.63) is 34.9 Å². The van der Waals surface area contributed by atoms with Crippen LogP contribution in [0.15, 0.2) is 18.2 Å². The van der Waals surface area contributed by atoms with E-state index in [9.17, 15) is 0 Å². The summed E-state index contributed by atoms with van der Waals surface area (Å²) in [6.45, 7) is 5.78. The number of rotatable bonds is 3. The Balaban J connectivity index is 2.33. The Hall–Kier alpha value is -1.33. The van der Waals surface area contributed by atoms with Gasteiger partial charge in [-0.3, -0.25) is 0 Å². The predicted molar refractivity (Wildman–Crippen MR) is 63.3 cm³/mol. The highest BCUT2D eigenvalue weighted by atomic mass is 16.5. The summed E-state index contributed by atoms with van der Waals surface area (Å²) in [6.07, 6.45) is 1.52. The van der Waals surface area contributed by atoms with E-state index in [0.717, 1.165) is 19.6 Å². The van der Waals surface area contributed by atoms with Crippen LogP contribution < -0.4 is 0 Å². The molecule has 0 aromatic heterocycles. The van der Waals surface area contributed by atoms with Gasteiger partial charge in [0.1, 0.15) is 0 Å². The van der Waals surface area contributed by atoms with Crippen LogP contribution in [-0.2, 0) is 10.2 Å². The van der Waals surface area contributed by atoms with Crippen molar-refractivity contribution in [1.29, 1.82) is 5.26 Å². The van der Waals surface area contributed by atoms with E-state index in [-0.39, 0.29) is 5.41 Å². The maximum atomic E-state index is 8.73. The zero-order chi connectivity index (χ0) is 11.6. The van der Waals surface area contributed by atoms with E-state index in [0.29, 0.717) is 6.42 Å². The van der Waals surface area contributed by atoms with Crippen LogP contribution in [0.1, 0.15) is 29.5 Å². The van der Waals surface area contributed by atoms with E-state index in [1.54, 1.807) is 0 Å². The van der Waals surface area contributed by atoms with E-state index in [4.69, 9.17) is 10.00 Å². The fourth-order valence-electron chi connectivity index (χ4n) is 2.39. The Bertz CT molecular complexity index is 427. The molecule has 2 heteroatoms. The van der Waals surface area contributed by atoms with Gasteiger partial charge in [-0.25, -0.2) is 0 Å². The minimum Gasteiger partial charge on any atom is -0.379 e. The van der Waals surface area contributed by atoms with Crippen LogP contribution in [0, 0.1) is 25.2 Å². The lowest BCUT2D eigenvalue weighted by molar-refractivity contribution is -0.0640. The first-order valence-corrected chi connectivity index (χ1v) is 5.70. The molecule has 0 bridgehead atoms. The van der Waals surface area contributed by atoms with Gasteiger partial charge >= 0.3 is 0 Å². The summed E-state index contributed by atoms with van der Waals surface area (Å²) in [5.74, 6) is 0. The van der Waals surface area contributed by atoms with Crippen LogP contribution in [0.4, 0.5) is 0 Å². The van der Waals surface area contributed by atoms with Gasteiger partial charge in [0.2, 0.25) is 0 Å². The van der Waals surface area contributed by atoms with Gasteiger partial charge in [0.25, 0.3) is 0 Å². The minimum atomic E-state index is 0.103. The summed E-state index contributed by atoms with van der Waals surface area (Å²) in [5, 5.41) is 8.73. The Morgan fingerprint density at radius 2 is 2.12 bits per heavy atom. The zero-order valence-corrected chi connectivity index (χ0v) is 9.92. The smallest absolute Gasteiger partial charge is 0.0622 e. The average molecular weight is 215 g/mol. The van der Waals surface area contributed by atoms with Crippen molar-refractivity contribution in [2.24, 2.45) is 0 Å². The van der Waals surface area contributed by atoms with Crippen molar-refractivity contribution in [2.75, 3.05) is 13.2 Å². The largest absolute Gasteiger partial charge is 0.379 e. The molecule has 1 fully saturated rings. The molecule has 1 aromatic rings. The number of aryl methyl sites for hydroxylation is 2. The van der Waals surface area contributed by atoms with Gasteiger partial charge in [-0.1, -0.05) is 23.8 Å². The van der Waals surface area contributed by atoms with E-state index in [1.807, 2.05) is 0 Å². The summed E-state index contributed by atoms with van der Waals surface area (Å²) in [6, 6.07) is 8.78. The third kappa shape index (κ3) is 1.83. The van der Waals surface area contributed by atoms with Crippen molar-refractivity contribution >= 4 is 0 Å². The molecule has 2 rings (SSSR count). The quantitative estimate of drug-likeness (QED) is 0.776. The highest BCUT2D eigenvalue weighted by Gasteiger charge is 2.40. The van der Waals surface area contributed by atoms with Crippen LogP contribution >= 0.6 is 0 Å². The highest BCUT2D eigenvalue weighted by Crippen LogP contribution is 2.38. The Morgan fingerprint density at radius 3 is 2.69 bits per heavy atom. The molecule has 0 radical (unpaired) electrons. The van der Waals surface area contributed by atoms with Gasteiger partial charge in [0.15, 0.2) is 0 Å². The van der Waals surface area contributed by atoms with Gasteiger partial charge in [-0.05, 0) is 31.4 Å². The zero-order valence-electron chi connectivity index (χ0n) is 9.92. The molecular weight excluding hydrogens is 198 g/mol. The minimum absolute atomic E-state index is 0.103. The van der Waals surface area contributed by atoms with Gasteiger partial charge in [0, 0.05) is 11.8 Å². The molecule has 0 N–H and O–H groups in total. The normalized spacial score (nSPS) is 17.6. The third-order valence-electron chi connectivity index (χ3n) is 3.44. The molecule has 0 spiro atoms. The Morgan fingerprint density at radius 1 is 1.38 bits per heavy atom. The number of nitriles is 1. The molecule has 0 aliphatic carbocycles. The van der Waals surface area contributed by atoms with Crippen LogP contribution in [0.2, 0.25) is 0 Å². The molecule has 1 saturated heterocycles. The van der Waals surface area contributed by atoms with Crippen molar-refractivity contribution in [2.45, 2.75) is 32.1 Å². The Labute approximate surface area is 96.9 Å². The molecule has 84 valence electrons. The van der Waals surface area contributed by atoms with Gasteiger partial charge in [-0.2, -0.15) is 5.26 Å². The monoisotopic (exact) mass is 215 g/mol. The first kappa shape index (κ1) is 11.2. The molecule has 1 aliphatic rings. The fourth-order valence-corrected chi connectivity index (χ4v) is 2.39. The standard InChI is InChI=1S/C14H17NO/c1-11-4-5-12(2)13(8-11)14(6-3-7-15)9-16-10-14/h4-5,8H,3,6,9-10H2,1-2H3. The van der Waals surface area contributed by atoms with Crippen molar-refractivity contribution in [1.82, 2.24) is 0 Å². The fraction of sp³-hybridized carbons (Fsp3) is 0.500. The second kappa shape index (κ2) is 4.27. The first-order chi connectivity index (χ1) is 7.68. The van der Waals surface area contributed by atoms with Crippen molar-refractivity contribution < 1.29 is 4.74 Å². The molecule has 0 amide bonds. The number of ether oxygens (including phenoxy) is 1. The van der Waals surface area contributed by atoms with Gasteiger partial charge < -0.3 is 4.74 Å². The van der Waals surface area contributed by atoms with Gasteiger partial charge in [0.05, 0.1) is 19.3 Å². The maximum Gasteiger partial charge on any atom is 0.0622 e. The molecule has 16 heavy (non-hydrogen) atoms. The molecule has 0 saturated carbocycles. The number of nitrogens with zero attached hydrogens (tertiary/aromatic N) is 1. The summed E-state index contributed by atoms with van der Waals surface area (Å²) >= 11 is 0. The average Bonchev–Trinajstić information content (AvgIpc) is 2.21. The summed E-state index contributed by atoms with van der Waals surface area (Å²) in [5.41, 5.74) is 4.07. The first-order valence-electron chi connectivity index (χ1n) is 5.70. The van der Waals surface area contributed by atoms with Gasteiger partial charge in [-0.15, -0.1) is 0 Å². The van der Waals surface area contributed by atoms with E-state index in [2.05, 4.69) is 38.1 Å². The van der Waals surface area contributed by atoms with Crippen molar-refractivity contribution in [3.8, 4) is 6.07 Å². The second-order valence-corrected chi connectivity index (χ2v) is 4.75. The summed E-state index contributed by atoms with van der Waals surface area (Å²) in [4.78, 5) is 0. The molecule has 1 aliphatic heterocycles. The van der Waals surface area contributed by atoms with E-state index >= 15 is 0 Å². The predicted octanol–water partition coefficient (Wildman–Crippen LogP) is 2.88. The lowest BCUT2D eigenvalue weighted by Crippen LogP contribution is -2.47. The maximum absolute atomic E-state index is 8.73.